The van der Waals surface area contributed by atoms with Crippen LogP contribution in [0.15, 0.2) is 97.1 Å². The number of fused-ring (bicyclic) bond motifs is 2. The van der Waals surface area contributed by atoms with E-state index in [4.69, 9.17) is 4.74 Å². The number of hydrogen-bond donors (Lipinski definition) is 6. The van der Waals surface area contributed by atoms with E-state index in [1.54, 1.807) is 69.1 Å². The number of aryl methyl sites for hydroxylation is 1. The first-order chi connectivity index (χ1) is 37.4. The second kappa shape index (κ2) is 25.3. The van der Waals surface area contributed by atoms with Crippen molar-refractivity contribution in [3.63, 3.8) is 0 Å². The Morgan fingerprint density at radius 2 is 1.27 bits per heavy atom. The molecule has 79 heavy (non-hydrogen) atoms. The molecule has 4 aromatic carbocycles. The van der Waals surface area contributed by atoms with Crippen molar-refractivity contribution < 1.29 is 38.3 Å². The summed E-state index contributed by atoms with van der Waals surface area (Å²) in [4.78, 5) is 106. The van der Waals surface area contributed by atoms with Crippen molar-refractivity contribution in [3.05, 3.63) is 136 Å². The van der Waals surface area contributed by atoms with Gasteiger partial charge in [0.05, 0.1) is 31.3 Å². The van der Waals surface area contributed by atoms with Crippen molar-refractivity contribution in [2.75, 3.05) is 27.7 Å². The number of carbonyl (C=O) groups excluding carboxylic acids is 7. The average molecular weight is 1080 g/mol. The molecule has 4 aromatic rings. The molecule has 424 valence electrons. The van der Waals surface area contributed by atoms with Crippen LogP contribution in [0.3, 0.4) is 0 Å². The normalized spacial score (nSPS) is 20.0. The molecule has 3 aliphatic rings. The van der Waals surface area contributed by atoms with Crippen LogP contribution in [0.4, 0.5) is 0 Å². The molecule has 1 fully saturated rings. The summed E-state index contributed by atoms with van der Waals surface area (Å²) in [7, 11) is 4.93. The van der Waals surface area contributed by atoms with Gasteiger partial charge in [0.25, 0.3) is 5.91 Å². The van der Waals surface area contributed by atoms with Crippen LogP contribution in [0, 0.1) is 10.8 Å². The van der Waals surface area contributed by atoms with Gasteiger partial charge in [-0.1, -0.05) is 114 Å². The smallest absolute Gasteiger partial charge is 0.251 e. The number of nitrogens with zero attached hydrogens (tertiary/aromatic N) is 3. The Labute approximate surface area is 466 Å². The zero-order valence-electron chi connectivity index (χ0n) is 48.2. The van der Waals surface area contributed by atoms with Gasteiger partial charge in [-0.3, -0.25) is 33.6 Å². The van der Waals surface area contributed by atoms with Crippen LogP contribution in [-0.2, 0) is 54.7 Å². The monoisotopic (exact) mass is 1080 g/mol. The molecular weight excluding hydrogens is 999 g/mol. The number of amides is 7. The molecule has 9 unspecified atom stereocenters. The third-order valence-corrected chi connectivity index (χ3v) is 16.1. The Bertz CT molecular complexity index is 2860. The maximum atomic E-state index is 15.6. The molecule has 2 heterocycles. The SMILES string of the molecule is CNC(C)C(=O)NC(C(=O)N1CC(NC(=O)c2ccc(CN(C(=O)C3Cc4ccccc4CN3C(=O)C(NC(=O)C(C)NC)C(C)(C)C)C(C)c3cccc(OC)c3)cc2)CC1C(=O)NC1CCCc2ccccc21)C(C)(C)C. The number of likely N-dealkylation sites (N-methyl/N-ethyl adjacent to an activating group) is 2. The van der Waals surface area contributed by atoms with Crippen molar-refractivity contribution in [1.29, 1.82) is 0 Å². The first kappa shape index (κ1) is 59.5. The highest BCUT2D eigenvalue weighted by molar-refractivity contribution is 5.97. The summed E-state index contributed by atoms with van der Waals surface area (Å²) in [6.45, 7) is 17.0. The lowest BCUT2D eigenvalue weighted by molar-refractivity contribution is -0.152. The van der Waals surface area contributed by atoms with Gasteiger partial charge in [0.1, 0.15) is 29.9 Å². The van der Waals surface area contributed by atoms with Gasteiger partial charge >= 0.3 is 0 Å². The number of rotatable bonds is 18. The van der Waals surface area contributed by atoms with Gasteiger partial charge in [0.2, 0.25) is 35.4 Å². The minimum atomic E-state index is -0.973. The molecule has 6 N–H and O–H groups in total. The number of benzene rings is 4. The number of methoxy groups -OCH3 is 1. The summed E-state index contributed by atoms with van der Waals surface area (Å²) in [6.07, 6.45) is 2.96. The largest absolute Gasteiger partial charge is 0.497 e. The van der Waals surface area contributed by atoms with Gasteiger partial charge in [-0.2, -0.15) is 0 Å². The topological polar surface area (TPSA) is 211 Å². The second-order valence-electron chi connectivity index (χ2n) is 23.8. The van der Waals surface area contributed by atoms with Gasteiger partial charge in [0, 0.05) is 37.7 Å². The lowest BCUT2D eigenvalue weighted by Crippen LogP contribution is -2.62. The minimum Gasteiger partial charge on any atom is -0.497 e. The van der Waals surface area contributed by atoms with Crippen LogP contribution in [0.25, 0.3) is 0 Å². The summed E-state index contributed by atoms with van der Waals surface area (Å²) in [5, 5.41) is 18.2. The Morgan fingerprint density at radius 1 is 0.684 bits per heavy atom. The van der Waals surface area contributed by atoms with Crippen molar-refractivity contribution in [2.45, 2.75) is 162 Å². The lowest BCUT2D eigenvalue weighted by Gasteiger charge is -2.43. The molecular formula is C62H83N9O8. The third kappa shape index (κ3) is 14.0. The van der Waals surface area contributed by atoms with Crippen LogP contribution < -0.4 is 36.6 Å². The van der Waals surface area contributed by atoms with Gasteiger partial charge in [-0.15, -0.1) is 0 Å². The molecule has 0 radical (unpaired) electrons. The standard InChI is InChI=1S/C62H83N9O8/c1-37(63-10)54(72)67-52(61(4,5)6)59(77)70-35-45-21-14-13-20-44(45)32-51(70)58(76)69(39(3)43-23-17-24-47(31-43)79-12)34-40-27-29-42(30-28-40)56(74)65-46-33-50(57(75)66-49-26-18-22-41-19-15-16-25-48(41)49)71(36-46)60(78)53(62(7,8)9)68-55(73)38(2)64-11/h13-17,19-21,23-25,27-31,37-39,46,49-53,63-64H,18,22,26,32-36H2,1-12H3,(H,65,74)(H,66,75)(H,67,72)(H,68,73). The van der Waals surface area contributed by atoms with E-state index in [1.807, 2.05) is 115 Å². The zero-order valence-corrected chi connectivity index (χ0v) is 48.2. The summed E-state index contributed by atoms with van der Waals surface area (Å²) in [6, 6.07) is 24.0. The highest BCUT2D eigenvalue weighted by Gasteiger charge is 2.47. The molecule has 1 aliphatic carbocycles. The average Bonchev–Trinajstić information content (AvgIpc) is 3.88. The fraction of sp³-hybridized carbons (Fsp3) is 0.500. The second-order valence-corrected chi connectivity index (χ2v) is 23.8. The van der Waals surface area contributed by atoms with E-state index < -0.39 is 71.0 Å². The van der Waals surface area contributed by atoms with E-state index in [-0.39, 0.29) is 68.1 Å². The molecule has 0 saturated carbocycles. The summed E-state index contributed by atoms with van der Waals surface area (Å²) in [5.41, 5.74) is 4.52. The molecule has 0 bridgehead atoms. The molecule has 9 atom stereocenters. The molecule has 0 aromatic heterocycles. The van der Waals surface area contributed by atoms with Crippen LogP contribution in [-0.4, -0.2) is 126 Å². The fourth-order valence-electron chi connectivity index (χ4n) is 10.9. The van der Waals surface area contributed by atoms with Crippen molar-refractivity contribution >= 4 is 41.4 Å². The number of carbonyl (C=O) groups is 7. The first-order valence-electron chi connectivity index (χ1n) is 27.8. The number of likely N-dealkylation sites (tertiary alicyclic amines) is 1. The highest BCUT2D eigenvalue weighted by Crippen LogP contribution is 2.35. The quantitative estimate of drug-likeness (QED) is 0.0694. The molecule has 17 nitrogen and oxygen atoms in total. The van der Waals surface area contributed by atoms with E-state index >= 15 is 9.59 Å². The predicted octanol–water partition coefficient (Wildman–Crippen LogP) is 5.91. The Morgan fingerprint density at radius 3 is 1.86 bits per heavy atom. The Kier molecular flexibility index (Phi) is 19.1. The maximum absolute atomic E-state index is 15.6. The Hall–Kier alpha value is -7.11. The molecule has 7 rings (SSSR count). The minimum absolute atomic E-state index is 0.0361. The summed E-state index contributed by atoms with van der Waals surface area (Å²) in [5.74, 6) is -1.88. The van der Waals surface area contributed by atoms with Gasteiger partial charge in [-0.25, -0.2) is 0 Å². The highest BCUT2D eigenvalue weighted by atomic mass is 16.5. The third-order valence-electron chi connectivity index (χ3n) is 16.1. The lowest BCUT2D eigenvalue weighted by atomic mass is 9.84. The van der Waals surface area contributed by atoms with E-state index in [0.29, 0.717) is 11.3 Å². The first-order valence-corrected chi connectivity index (χ1v) is 27.8. The molecule has 1 saturated heterocycles. The summed E-state index contributed by atoms with van der Waals surface area (Å²) < 4.78 is 5.60. The van der Waals surface area contributed by atoms with Crippen molar-refractivity contribution in [1.82, 2.24) is 46.6 Å². The van der Waals surface area contributed by atoms with Gasteiger partial charge in [0.15, 0.2) is 0 Å². The number of hydrogen-bond acceptors (Lipinski definition) is 10. The molecule has 0 spiro atoms. The van der Waals surface area contributed by atoms with Crippen LogP contribution in [0.5, 0.6) is 5.75 Å². The predicted molar refractivity (Wildman–Crippen MR) is 304 cm³/mol. The molecule has 7 amide bonds. The van der Waals surface area contributed by atoms with Gasteiger partial charge in [-0.05, 0) is 129 Å². The van der Waals surface area contributed by atoms with E-state index in [2.05, 4.69) is 38.0 Å². The maximum Gasteiger partial charge on any atom is 0.251 e. The van der Waals surface area contributed by atoms with Crippen molar-refractivity contribution in [2.24, 2.45) is 10.8 Å². The molecule has 2 aliphatic heterocycles. The van der Waals surface area contributed by atoms with Crippen LogP contribution in [0.1, 0.15) is 137 Å². The number of nitrogens with one attached hydrogen (secondary N) is 6. The van der Waals surface area contributed by atoms with E-state index in [9.17, 15) is 24.0 Å². The van der Waals surface area contributed by atoms with Crippen LogP contribution >= 0.6 is 0 Å². The van der Waals surface area contributed by atoms with E-state index in [1.165, 1.54) is 10.5 Å². The zero-order chi connectivity index (χ0) is 57.5. The molecule has 17 heteroatoms. The summed E-state index contributed by atoms with van der Waals surface area (Å²) >= 11 is 0. The van der Waals surface area contributed by atoms with Crippen LogP contribution in [0.2, 0.25) is 0 Å². The van der Waals surface area contributed by atoms with E-state index in [0.717, 1.165) is 47.1 Å². The van der Waals surface area contributed by atoms with Gasteiger partial charge < -0.3 is 51.3 Å². The fourth-order valence-corrected chi connectivity index (χ4v) is 10.9. The van der Waals surface area contributed by atoms with Crippen molar-refractivity contribution in [3.8, 4) is 5.75 Å². The number of ether oxygens (including phenoxy) is 1. The Balaban J connectivity index is 1.15.